The van der Waals surface area contributed by atoms with Gasteiger partial charge in [0.2, 0.25) is 0 Å². The second-order valence-corrected chi connectivity index (χ2v) is 4.47. The van der Waals surface area contributed by atoms with Crippen LogP contribution in [0.5, 0.6) is 0 Å². The second-order valence-electron chi connectivity index (χ2n) is 3.59. The molecule has 0 heterocycles. The summed E-state index contributed by atoms with van der Waals surface area (Å²) in [6.45, 7) is 1.88. The maximum Gasteiger partial charge on any atom is 0.0443 e. The minimum atomic E-state index is 0.223. The van der Waals surface area contributed by atoms with Gasteiger partial charge in [0.1, 0.15) is 0 Å². The van der Waals surface area contributed by atoms with Crippen molar-refractivity contribution in [2.45, 2.75) is 13.0 Å². The number of rotatable bonds is 5. The van der Waals surface area contributed by atoms with Crippen LogP contribution in [0.4, 0.5) is 0 Å². The highest BCUT2D eigenvalue weighted by molar-refractivity contribution is 6.34. The van der Waals surface area contributed by atoms with Gasteiger partial charge in [0.25, 0.3) is 0 Å². The molecule has 0 saturated heterocycles. The molecule has 0 atom stereocenters. The van der Waals surface area contributed by atoms with E-state index in [0.29, 0.717) is 10.0 Å². The molecule has 4 heteroatoms. The van der Waals surface area contributed by atoms with Crippen LogP contribution in [0.25, 0.3) is 0 Å². The molecule has 0 aromatic heterocycles. The Kier molecular flexibility index (Phi) is 5.40. The summed E-state index contributed by atoms with van der Waals surface area (Å²) in [4.78, 5) is 2.12. The van der Waals surface area contributed by atoms with Gasteiger partial charge in [0.05, 0.1) is 0 Å². The van der Waals surface area contributed by atoms with Gasteiger partial charge in [-0.15, -0.1) is 0 Å². The summed E-state index contributed by atoms with van der Waals surface area (Å²) >= 11 is 11.8. The molecule has 0 bridgehead atoms. The molecular formula is C11H15Cl2NO. The standard InChI is InChI=1S/C11H15Cl2NO/c1-14(3-2-4-15)8-9-5-10(12)7-11(13)6-9/h5-7,15H,2-4,8H2,1H3. The summed E-state index contributed by atoms with van der Waals surface area (Å²) in [5.41, 5.74) is 1.09. The van der Waals surface area contributed by atoms with Crippen LogP contribution in [0.1, 0.15) is 12.0 Å². The van der Waals surface area contributed by atoms with Crippen LogP contribution in [0, 0.1) is 0 Å². The third-order valence-electron chi connectivity index (χ3n) is 2.07. The van der Waals surface area contributed by atoms with Gasteiger partial charge < -0.3 is 10.0 Å². The van der Waals surface area contributed by atoms with Gasteiger partial charge in [-0.1, -0.05) is 23.2 Å². The monoisotopic (exact) mass is 247 g/mol. The van der Waals surface area contributed by atoms with Gasteiger partial charge >= 0.3 is 0 Å². The molecular weight excluding hydrogens is 233 g/mol. The highest BCUT2D eigenvalue weighted by Gasteiger charge is 2.02. The van der Waals surface area contributed by atoms with Gasteiger partial charge in [-0.25, -0.2) is 0 Å². The van der Waals surface area contributed by atoms with Crippen LogP contribution in [0.2, 0.25) is 10.0 Å². The van der Waals surface area contributed by atoms with Crippen LogP contribution < -0.4 is 0 Å². The Balaban J connectivity index is 2.56. The molecule has 2 nitrogen and oxygen atoms in total. The zero-order chi connectivity index (χ0) is 11.3. The Morgan fingerprint density at radius 2 is 1.80 bits per heavy atom. The van der Waals surface area contributed by atoms with Crippen molar-refractivity contribution in [1.82, 2.24) is 4.90 Å². The molecule has 1 aromatic rings. The van der Waals surface area contributed by atoms with Crippen molar-refractivity contribution in [2.75, 3.05) is 20.2 Å². The van der Waals surface area contributed by atoms with E-state index in [9.17, 15) is 0 Å². The largest absolute Gasteiger partial charge is 0.396 e. The topological polar surface area (TPSA) is 23.5 Å². The lowest BCUT2D eigenvalue weighted by molar-refractivity contribution is 0.244. The summed E-state index contributed by atoms with van der Waals surface area (Å²) in [5, 5.41) is 10.0. The SMILES string of the molecule is CN(CCCO)Cc1cc(Cl)cc(Cl)c1. The van der Waals surface area contributed by atoms with Crippen molar-refractivity contribution >= 4 is 23.2 Å². The molecule has 0 spiro atoms. The van der Waals surface area contributed by atoms with E-state index in [0.717, 1.165) is 25.1 Å². The van der Waals surface area contributed by atoms with Crippen LogP contribution in [0.3, 0.4) is 0 Å². The molecule has 0 unspecified atom stereocenters. The number of aliphatic hydroxyl groups is 1. The van der Waals surface area contributed by atoms with Gasteiger partial charge in [-0.3, -0.25) is 0 Å². The summed E-state index contributed by atoms with van der Waals surface area (Å²) in [7, 11) is 2.00. The molecule has 1 N–H and O–H groups in total. The molecule has 15 heavy (non-hydrogen) atoms. The molecule has 84 valence electrons. The van der Waals surface area contributed by atoms with Crippen molar-refractivity contribution in [2.24, 2.45) is 0 Å². The zero-order valence-corrected chi connectivity index (χ0v) is 10.2. The predicted molar refractivity (Wildman–Crippen MR) is 64.5 cm³/mol. The van der Waals surface area contributed by atoms with Crippen LogP contribution in [0.15, 0.2) is 18.2 Å². The molecule has 1 aromatic carbocycles. The van der Waals surface area contributed by atoms with E-state index in [4.69, 9.17) is 28.3 Å². The van der Waals surface area contributed by atoms with E-state index in [1.165, 1.54) is 0 Å². The highest BCUT2D eigenvalue weighted by atomic mass is 35.5. The first-order valence-electron chi connectivity index (χ1n) is 4.86. The van der Waals surface area contributed by atoms with Gasteiger partial charge in [-0.2, -0.15) is 0 Å². The Hall–Kier alpha value is -0.280. The van der Waals surface area contributed by atoms with E-state index in [1.54, 1.807) is 6.07 Å². The maximum atomic E-state index is 8.70. The Morgan fingerprint density at radius 1 is 1.20 bits per heavy atom. The minimum Gasteiger partial charge on any atom is -0.396 e. The van der Waals surface area contributed by atoms with E-state index in [2.05, 4.69) is 4.90 Å². The van der Waals surface area contributed by atoms with E-state index in [1.807, 2.05) is 19.2 Å². The predicted octanol–water partition coefficient (Wildman–Crippen LogP) is 2.81. The van der Waals surface area contributed by atoms with Crippen molar-refractivity contribution < 1.29 is 5.11 Å². The molecule has 0 aliphatic heterocycles. The number of halogens is 2. The zero-order valence-electron chi connectivity index (χ0n) is 8.71. The van der Waals surface area contributed by atoms with Crippen molar-refractivity contribution in [1.29, 1.82) is 0 Å². The third kappa shape index (κ3) is 4.85. The molecule has 0 radical (unpaired) electrons. The summed E-state index contributed by atoms with van der Waals surface area (Å²) < 4.78 is 0. The lowest BCUT2D eigenvalue weighted by Crippen LogP contribution is -2.19. The summed E-state index contributed by atoms with van der Waals surface area (Å²) in [6, 6.07) is 5.53. The molecule has 1 rings (SSSR count). The second kappa shape index (κ2) is 6.33. The van der Waals surface area contributed by atoms with Gasteiger partial charge in [0.15, 0.2) is 0 Å². The van der Waals surface area contributed by atoms with E-state index < -0.39 is 0 Å². The van der Waals surface area contributed by atoms with E-state index in [-0.39, 0.29) is 6.61 Å². The minimum absolute atomic E-state index is 0.223. The Morgan fingerprint density at radius 3 is 2.33 bits per heavy atom. The summed E-state index contributed by atoms with van der Waals surface area (Å²) in [5.74, 6) is 0. The first-order chi connectivity index (χ1) is 7.11. The van der Waals surface area contributed by atoms with E-state index >= 15 is 0 Å². The average Bonchev–Trinajstić information content (AvgIpc) is 2.13. The lowest BCUT2D eigenvalue weighted by Gasteiger charge is -2.16. The number of benzene rings is 1. The van der Waals surface area contributed by atoms with Crippen LogP contribution in [-0.4, -0.2) is 30.2 Å². The molecule has 0 amide bonds. The van der Waals surface area contributed by atoms with Crippen LogP contribution in [-0.2, 0) is 6.54 Å². The number of hydrogen-bond donors (Lipinski definition) is 1. The maximum absolute atomic E-state index is 8.70. The quantitative estimate of drug-likeness (QED) is 0.866. The number of aliphatic hydroxyl groups excluding tert-OH is 1. The smallest absolute Gasteiger partial charge is 0.0443 e. The lowest BCUT2D eigenvalue weighted by atomic mass is 10.2. The van der Waals surface area contributed by atoms with Crippen molar-refractivity contribution in [3.63, 3.8) is 0 Å². The normalized spacial score (nSPS) is 11.0. The van der Waals surface area contributed by atoms with Crippen LogP contribution >= 0.6 is 23.2 Å². The van der Waals surface area contributed by atoms with Gasteiger partial charge in [0, 0.05) is 29.7 Å². The fourth-order valence-electron chi connectivity index (χ4n) is 1.43. The average molecular weight is 248 g/mol. The fourth-order valence-corrected chi connectivity index (χ4v) is 2.00. The number of hydrogen-bond acceptors (Lipinski definition) is 2. The Labute approximate surface area is 100 Å². The molecule has 0 saturated carbocycles. The third-order valence-corrected chi connectivity index (χ3v) is 2.51. The van der Waals surface area contributed by atoms with Crippen molar-refractivity contribution in [3.05, 3.63) is 33.8 Å². The first kappa shape index (κ1) is 12.8. The number of nitrogens with zero attached hydrogens (tertiary/aromatic N) is 1. The summed E-state index contributed by atoms with van der Waals surface area (Å²) in [6.07, 6.45) is 0.783. The van der Waals surface area contributed by atoms with Crippen molar-refractivity contribution in [3.8, 4) is 0 Å². The molecule has 0 aliphatic carbocycles. The fraction of sp³-hybridized carbons (Fsp3) is 0.455. The molecule has 0 fully saturated rings. The highest BCUT2D eigenvalue weighted by Crippen LogP contribution is 2.19. The van der Waals surface area contributed by atoms with Gasteiger partial charge in [-0.05, 0) is 37.2 Å². The Bertz CT molecular complexity index is 297. The molecule has 0 aliphatic rings. The first-order valence-corrected chi connectivity index (χ1v) is 5.62.